The summed E-state index contributed by atoms with van der Waals surface area (Å²) in [5.74, 6) is 0.616. The third-order valence-electron chi connectivity index (χ3n) is 2.39. The van der Waals surface area contributed by atoms with Crippen LogP contribution in [0.5, 0.6) is 0 Å². The molecule has 0 aliphatic heterocycles. The lowest BCUT2D eigenvalue weighted by Gasteiger charge is -2.20. The van der Waals surface area contributed by atoms with E-state index in [1.165, 1.54) is 18.4 Å². The number of hydrogen-bond acceptors (Lipinski definition) is 3. The number of unbranched alkanes of at least 4 members (excludes halogenated alkanes) is 1. The molecule has 0 radical (unpaired) electrons. The van der Waals surface area contributed by atoms with E-state index < -0.39 is 0 Å². The van der Waals surface area contributed by atoms with Gasteiger partial charge in [0.05, 0.1) is 0 Å². The number of anilines is 1. The van der Waals surface area contributed by atoms with Crippen molar-refractivity contribution in [2.45, 2.75) is 45.6 Å². The van der Waals surface area contributed by atoms with Gasteiger partial charge >= 0.3 is 0 Å². The molecule has 3 heteroatoms. The number of nitrogens with zero attached hydrogens (tertiary/aromatic N) is 1. The fourth-order valence-electron chi connectivity index (χ4n) is 1.57. The molecule has 0 aliphatic carbocycles. The molecular formula is C13H23N3. The Kier molecular flexibility index (Phi) is 4.74. The van der Waals surface area contributed by atoms with Gasteiger partial charge in [0, 0.05) is 11.7 Å². The van der Waals surface area contributed by atoms with Crippen molar-refractivity contribution in [3.8, 4) is 0 Å². The molecule has 1 aromatic heterocycles. The number of nitrogens with two attached hydrogens (primary N) is 1. The maximum absolute atomic E-state index is 5.62. The molecule has 0 aromatic carbocycles. The van der Waals surface area contributed by atoms with Gasteiger partial charge in [0.25, 0.3) is 0 Å². The van der Waals surface area contributed by atoms with Crippen LogP contribution in [-0.2, 0) is 6.42 Å². The first-order valence-corrected chi connectivity index (χ1v) is 5.93. The van der Waals surface area contributed by atoms with Gasteiger partial charge in [-0.05, 0) is 64.3 Å². The number of nitrogen functional groups attached to an aromatic ring is 1. The van der Waals surface area contributed by atoms with E-state index in [1.54, 1.807) is 6.20 Å². The Labute approximate surface area is 98.5 Å². The molecule has 0 aliphatic rings. The van der Waals surface area contributed by atoms with Crippen LogP contribution in [0.4, 0.5) is 5.82 Å². The van der Waals surface area contributed by atoms with Crippen LogP contribution in [-0.4, -0.2) is 17.1 Å². The largest absolute Gasteiger partial charge is 0.384 e. The summed E-state index contributed by atoms with van der Waals surface area (Å²) in [6.07, 6.45) is 5.24. The topological polar surface area (TPSA) is 50.9 Å². The van der Waals surface area contributed by atoms with Crippen LogP contribution in [0.2, 0.25) is 0 Å². The summed E-state index contributed by atoms with van der Waals surface area (Å²) in [7, 11) is 0. The van der Waals surface area contributed by atoms with Crippen LogP contribution in [0.1, 0.15) is 39.2 Å². The van der Waals surface area contributed by atoms with Gasteiger partial charge in [-0.25, -0.2) is 4.98 Å². The zero-order valence-corrected chi connectivity index (χ0v) is 10.6. The molecule has 3 nitrogen and oxygen atoms in total. The summed E-state index contributed by atoms with van der Waals surface area (Å²) < 4.78 is 0. The third kappa shape index (κ3) is 5.71. The Morgan fingerprint density at radius 2 is 2.06 bits per heavy atom. The highest BCUT2D eigenvalue weighted by Crippen LogP contribution is 2.07. The molecule has 0 atom stereocenters. The Hall–Kier alpha value is -1.09. The molecule has 0 bridgehead atoms. The number of aromatic nitrogens is 1. The van der Waals surface area contributed by atoms with Gasteiger partial charge < -0.3 is 11.1 Å². The average molecular weight is 221 g/mol. The summed E-state index contributed by atoms with van der Waals surface area (Å²) in [6.45, 7) is 7.65. The van der Waals surface area contributed by atoms with Crippen molar-refractivity contribution in [3.05, 3.63) is 23.9 Å². The van der Waals surface area contributed by atoms with Crippen LogP contribution in [0, 0.1) is 0 Å². The van der Waals surface area contributed by atoms with Gasteiger partial charge in [0.15, 0.2) is 0 Å². The predicted molar refractivity (Wildman–Crippen MR) is 69.3 cm³/mol. The van der Waals surface area contributed by atoms with E-state index in [0.29, 0.717) is 5.82 Å². The normalized spacial score (nSPS) is 11.7. The van der Waals surface area contributed by atoms with Gasteiger partial charge in [-0.3, -0.25) is 0 Å². The molecule has 0 fully saturated rings. The minimum atomic E-state index is 0.223. The molecule has 0 unspecified atom stereocenters. The molecule has 1 heterocycles. The van der Waals surface area contributed by atoms with Crippen molar-refractivity contribution >= 4 is 5.82 Å². The van der Waals surface area contributed by atoms with Gasteiger partial charge in [0.1, 0.15) is 5.82 Å². The van der Waals surface area contributed by atoms with E-state index in [4.69, 9.17) is 5.73 Å². The number of aryl methyl sites for hydroxylation is 1. The lowest BCUT2D eigenvalue weighted by molar-refractivity contribution is 0.419. The summed E-state index contributed by atoms with van der Waals surface area (Å²) in [4.78, 5) is 3.98. The number of rotatable bonds is 5. The summed E-state index contributed by atoms with van der Waals surface area (Å²) in [5, 5.41) is 3.48. The molecule has 3 N–H and O–H groups in total. The minimum Gasteiger partial charge on any atom is -0.384 e. The quantitative estimate of drug-likeness (QED) is 0.751. The average Bonchev–Trinajstić information content (AvgIpc) is 2.15. The molecular weight excluding hydrogens is 198 g/mol. The van der Waals surface area contributed by atoms with E-state index in [9.17, 15) is 0 Å². The highest BCUT2D eigenvalue weighted by Gasteiger charge is 2.06. The second kappa shape index (κ2) is 5.85. The number of hydrogen-bond donors (Lipinski definition) is 2. The molecule has 1 aromatic rings. The van der Waals surface area contributed by atoms with Crippen LogP contribution in [0.3, 0.4) is 0 Å². The Morgan fingerprint density at radius 3 is 2.69 bits per heavy atom. The third-order valence-corrected chi connectivity index (χ3v) is 2.39. The number of pyridine rings is 1. The van der Waals surface area contributed by atoms with Gasteiger partial charge in [0.2, 0.25) is 0 Å². The predicted octanol–water partition coefficient (Wildman–Crippen LogP) is 2.37. The van der Waals surface area contributed by atoms with E-state index >= 15 is 0 Å². The zero-order valence-electron chi connectivity index (χ0n) is 10.6. The Bertz CT molecular complexity index is 315. The van der Waals surface area contributed by atoms with Crippen LogP contribution in [0.15, 0.2) is 18.3 Å². The van der Waals surface area contributed by atoms with E-state index in [-0.39, 0.29) is 5.54 Å². The first-order valence-electron chi connectivity index (χ1n) is 5.93. The maximum Gasteiger partial charge on any atom is 0.123 e. The Balaban J connectivity index is 2.17. The van der Waals surface area contributed by atoms with Crippen molar-refractivity contribution in [1.82, 2.24) is 10.3 Å². The van der Waals surface area contributed by atoms with Crippen molar-refractivity contribution in [1.29, 1.82) is 0 Å². The fourth-order valence-corrected chi connectivity index (χ4v) is 1.57. The standard InChI is InChI=1S/C13H23N3/c1-13(2,3)16-8-5-4-6-11-7-9-15-12(14)10-11/h7,9-10,16H,4-6,8H2,1-3H3,(H2,14,15). The van der Waals surface area contributed by atoms with Crippen LogP contribution >= 0.6 is 0 Å². The van der Waals surface area contributed by atoms with Gasteiger partial charge in [-0.15, -0.1) is 0 Å². The summed E-state index contributed by atoms with van der Waals surface area (Å²) in [6, 6.07) is 3.99. The van der Waals surface area contributed by atoms with E-state index in [0.717, 1.165) is 13.0 Å². The Morgan fingerprint density at radius 1 is 1.31 bits per heavy atom. The molecule has 0 spiro atoms. The maximum atomic E-state index is 5.62. The number of nitrogens with one attached hydrogen (secondary N) is 1. The van der Waals surface area contributed by atoms with Gasteiger partial charge in [-0.1, -0.05) is 0 Å². The van der Waals surface area contributed by atoms with Crippen molar-refractivity contribution in [2.24, 2.45) is 0 Å². The monoisotopic (exact) mass is 221 g/mol. The summed E-state index contributed by atoms with van der Waals surface area (Å²) >= 11 is 0. The molecule has 0 saturated carbocycles. The molecule has 1 rings (SSSR count). The summed E-state index contributed by atoms with van der Waals surface area (Å²) in [5.41, 5.74) is 7.13. The minimum absolute atomic E-state index is 0.223. The first kappa shape index (κ1) is 13.0. The first-order chi connectivity index (χ1) is 7.47. The lowest BCUT2D eigenvalue weighted by Crippen LogP contribution is -2.36. The smallest absolute Gasteiger partial charge is 0.123 e. The lowest BCUT2D eigenvalue weighted by atomic mass is 10.1. The van der Waals surface area contributed by atoms with E-state index in [1.807, 2.05) is 12.1 Å². The highest BCUT2D eigenvalue weighted by molar-refractivity contribution is 5.31. The van der Waals surface area contributed by atoms with Crippen LogP contribution in [0.25, 0.3) is 0 Å². The zero-order chi connectivity index (χ0) is 12.0. The second-order valence-electron chi connectivity index (χ2n) is 5.22. The van der Waals surface area contributed by atoms with Gasteiger partial charge in [-0.2, -0.15) is 0 Å². The molecule has 90 valence electrons. The van der Waals surface area contributed by atoms with Crippen molar-refractivity contribution in [3.63, 3.8) is 0 Å². The second-order valence-corrected chi connectivity index (χ2v) is 5.22. The SMILES string of the molecule is CC(C)(C)NCCCCc1ccnc(N)c1. The molecule has 0 amide bonds. The van der Waals surface area contributed by atoms with Crippen molar-refractivity contribution in [2.75, 3.05) is 12.3 Å². The highest BCUT2D eigenvalue weighted by atomic mass is 14.9. The van der Waals surface area contributed by atoms with Crippen molar-refractivity contribution < 1.29 is 0 Å². The van der Waals surface area contributed by atoms with Crippen LogP contribution < -0.4 is 11.1 Å². The molecule has 16 heavy (non-hydrogen) atoms. The van der Waals surface area contributed by atoms with E-state index in [2.05, 4.69) is 31.1 Å². The molecule has 0 saturated heterocycles. The fraction of sp³-hybridized carbons (Fsp3) is 0.615.